The van der Waals surface area contributed by atoms with Gasteiger partial charge in [0.2, 0.25) is 11.8 Å². The number of para-hydroxylation sites is 1. The molecule has 2 aromatic heterocycles. The zero-order chi connectivity index (χ0) is 40.6. The second kappa shape index (κ2) is 16.4. The van der Waals surface area contributed by atoms with Gasteiger partial charge < -0.3 is 30.1 Å². The van der Waals surface area contributed by atoms with Gasteiger partial charge in [0.25, 0.3) is 6.01 Å². The maximum absolute atomic E-state index is 14.7. The number of aromatic nitrogens is 3. The number of ether oxygens (including phenoxy) is 2. The van der Waals surface area contributed by atoms with Crippen LogP contribution in [-0.4, -0.2) is 84.3 Å². The number of carboxylic acids is 1. The standard InChI is InChI=1S/C43H58N6O7S/c1-25(2)49-32-21-15-19-29(37-44-31(24-57-37)27-16-11-10-12-17-27)34(32)46-40(49)55-33-23-48-35(26(33)3)36(50)47-43(39(52)53)22-28(43)18-13-8-7-9-14-20-30(38(48)51)45-41(54)56-42(4,5)6/h13,15,18-19,21,24-28,30,33,35H,7-12,14,16-17,20,22-23H2,1-6H3,(H,45,54)(H,47,50)(H,52,53)/b18-13-/t26-,28-,30+,33+,35+,43-/m1/s1. The van der Waals surface area contributed by atoms with Crippen LogP contribution in [0, 0.1) is 11.8 Å². The van der Waals surface area contributed by atoms with E-state index < -0.39 is 59.1 Å². The summed E-state index contributed by atoms with van der Waals surface area (Å²) in [5.41, 5.74) is 1.48. The van der Waals surface area contributed by atoms with Gasteiger partial charge in [0.1, 0.15) is 39.9 Å². The number of carbonyl (C=O) groups excluding carboxylic acids is 3. The largest absolute Gasteiger partial charge is 0.479 e. The van der Waals surface area contributed by atoms with Crippen LogP contribution in [0.25, 0.3) is 21.6 Å². The maximum atomic E-state index is 14.7. The first-order chi connectivity index (χ1) is 27.2. The lowest BCUT2D eigenvalue weighted by Crippen LogP contribution is -2.57. The van der Waals surface area contributed by atoms with Crippen LogP contribution >= 0.6 is 11.3 Å². The molecule has 0 radical (unpaired) electrons. The molecule has 6 atom stereocenters. The molecule has 3 fully saturated rings. The van der Waals surface area contributed by atoms with Gasteiger partial charge in [-0.1, -0.05) is 57.2 Å². The Morgan fingerprint density at radius 3 is 2.51 bits per heavy atom. The third-order valence-electron chi connectivity index (χ3n) is 12.0. The quantitative estimate of drug-likeness (QED) is 0.203. The van der Waals surface area contributed by atoms with Crippen molar-refractivity contribution in [3.8, 4) is 16.6 Å². The Morgan fingerprint density at radius 1 is 1.05 bits per heavy atom. The molecule has 2 aliphatic carbocycles. The van der Waals surface area contributed by atoms with Crippen molar-refractivity contribution in [1.29, 1.82) is 0 Å². The van der Waals surface area contributed by atoms with Gasteiger partial charge in [-0.15, -0.1) is 11.3 Å². The van der Waals surface area contributed by atoms with E-state index >= 15 is 0 Å². The first kappa shape index (κ1) is 40.7. The Hall–Kier alpha value is -4.46. The summed E-state index contributed by atoms with van der Waals surface area (Å²) in [7, 11) is 0. The number of rotatable bonds is 7. The van der Waals surface area contributed by atoms with Crippen molar-refractivity contribution >= 4 is 46.2 Å². The molecule has 3 N–H and O–H groups in total. The number of hydrogen-bond acceptors (Lipinski definition) is 9. The maximum Gasteiger partial charge on any atom is 0.408 e. The number of allylic oxidation sites excluding steroid dienone is 1. The zero-order valence-electron chi connectivity index (χ0n) is 34.1. The normalized spacial score (nSPS) is 28.2. The van der Waals surface area contributed by atoms with Crippen LogP contribution in [-0.2, 0) is 19.1 Å². The monoisotopic (exact) mass is 802 g/mol. The van der Waals surface area contributed by atoms with Gasteiger partial charge in [-0.05, 0) is 85.3 Å². The van der Waals surface area contributed by atoms with Gasteiger partial charge in [-0.25, -0.2) is 14.6 Å². The number of carbonyl (C=O) groups is 4. The van der Waals surface area contributed by atoms with Gasteiger partial charge in [-0.2, -0.15) is 4.98 Å². The van der Waals surface area contributed by atoms with E-state index in [0.717, 1.165) is 59.4 Å². The van der Waals surface area contributed by atoms with Gasteiger partial charge in [-0.3, -0.25) is 14.2 Å². The Kier molecular flexibility index (Phi) is 11.7. The highest BCUT2D eigenvalue weighted by Gasteiger charge is 2.62. The third-order valence-corrected chi connectivity index (χ3v) is 12.9. The molecule has 3 aromatic rings. The van der Waals surface area contributed by atoms with E-state index in [-0.39, 0.29) is 24.9 Å². The van der Waals surface area contributed by atoms with Crippen molar-refractivity contribution in [2.75, 3.05) is 6.54 Å². The Balaban J connectivity index is 1.22. The fourth-order valence-electron chi connectivity index (χ4n) is 8.91. The number of carboxylic acid groups (broad SMARTS) is 1. The lowest BCUT2D eigenvalue weighted by molar-refractivity contribution is -0.146. The van der Waals surface area contributed by atoms with Gasteiger partial charge in [0, 0.05) is 34.7 Å². The van der Waals surface area contributed by atoms with E-state index in [2.05, 4.69) is 29.9 Å². The third kappa shape index (κ3) is 8.56. The number of nitrogens with one attached hydrogen (secondary N) is 2. The van der Waals surface area contributed by atoms with E-state index in [0.29, 0.717) is 24.8 Å². The predicted molar refractivity (Wildman–Crippen MR) is 218 cm³/mol. The Labute approximate surface area is 339 Å². The van der Waals surface area contributed by atoms with Crippen LogP contribution < -0.4 is 15.4 Å². The molecule has 57 heavy (non-hydrogen) atoms. The van der Waals surface area contributed by atoms with Crippen molar-refractivity contribution < 1.29 is 33.8 Å². The number of benzene rings is 1. The van der Waals surface area contributed by atoms with Crippen molar-refractivity contribution in [2.45, 2.75) is 153 Å². The van der Waals surface area contributed by atoms with Crippen molar-refractivity contribution in [1.82, 2.24) is 30.1 Å². The minimum absolute atomic E-state index is 0.0272. The van der Waals surface area contributed by atoms with Crippen LogP contribution in [0.5, 0.6) is 6.01 Å². The number of alkyl carbamates (subject to hydrolysis) is 1. The average molecular weight is 803 g/mol. The molecule has 14 heteroatoms. The Morgan fingerprint density at radius 2 is 1.79 bits per heavy atom. The summed E-state index contributed by atoms with van der Waals surface area (Å²) < 4.78 is 14.4. The molecule has 1 aromatic carbocycles. The number of thiazole rings is 1. The molecular weight excluding hydrogens is 745 g/mol. The lowest BCUT2D eigenvalue weighted by atomic mass is 9.87. The van der Waals surface area contributed by atoms with E-state index in [1.807, 2.05) is 41.8 Å². The first-order valence-electron chi connectivity index (χ1n) is 20.8. The minimum Gasteiger partial charge on any atom is -0.479 e. The van der Waals surface area contributed by atoms with E-state index in [4.69, 9.17) is 19.4 Å². The number of hydrogen-bond donors (Lipinski definition) is 3. The average Bonchev–Trinajstić information content (AvgIpc) is 3.44. The van der Waals surface area contributed by atoms with Crippen LogP contribution in [0.1, 0.15) is 130 Å². The molecule has 3 amide bonds. The summed E-state index contributed by atoms with van der Waals surface area (Å²) in [6.45, 7) is 11.3. The highest BCUT2D eigenvalue weighted by molar-refractivity contribution is 7.13. The van der Waals surface area contributed by atoms with Crippen LogP contribution in [0.2, 0.25) is 0 Å². The number of nitrogens with zero attached hydrogens (tertiary/aromatic N) is 4. The number of imidazole rings is 1. The van der Waals surface area contributed by atoms with Crippen LogP contribution in [0.15, 0.2) is 35.7 Å². The molecule has 0 unspecified atom stereocenters. The zero-order valence-corrected chi connectivity index (χ0v) is 34.9. The topological polar surface area (TPSA) is 165 Å². The van der Waals surface area contributed by atoms with Gasteiger partial charge in [0.15, 0.2) is 0 Å². The highest BCUT2D eigenvalue weighted by atomic mass is 32.1. The SMILES string of the molecule is CC(C)n1c(O[C@H]2CN3C(=O)[C@@H](NC(=O)OC(C)(C)C)CCCCC/C=C\[C@@H]4C[C@@]4(C(=O)O)NC(=O)[C@@H]3[C@@H]2C)nc2c(-c3nc(C4CCCCC4)cs3)cccc21. The highest BCUT2D eigenvalue weighted by Crippen LogP contribution is 2.46. The Bertz CT molecular complexity index is 2010. The van der Waals surface area contributed by atoms with Crippen molar-refractivity contribution in [2.24, 2.45) is 11.8 Å². The van der Waals surface area contributed by atoms with Crippen molar-refractivity contribution in [3.05, 3.63) is 41.4 Å². The summed E-state index contributed by atoms with van der Waals surface area (Å²) in [6.07, 6.45) is 12.2. The summed E-state index contributed by atoms with van der Waals surface area (Å²) >= 11 is 1.63. The van der Waals surface area contributed by atoms with Gasteiger partial charge in [0.05, 0.1) is 17.8 Å². The fraction of sp³-hybridized carbons (Fsp3) is 0.628. The molecule has 0 bridgehead atoms. The molecule has 308 valence electrons. The van der Waals surface area contributed by atoms with E-state index in [9.17, 15) is 24.3 Å². The smallest absolute Gasteiger partial charge is 0.408 e. The van der Waals surface area contributed by atoms with Gasteiger partial charge >= 0.3 is 12.1 Å². The second-order valence-corrected chi connectivity index (χ2v) is 18.6. The molecule has 1 saturated heterocycles. The predicted octanol–water partition coefficient (Wildman–Crippen LogP) is 7.76. The second-order valence-electron chi connectivity index (χ2n) is 17.7. The number of fused-ring (bicyclic) bond motifs is 3. The molecule has 4 heterocycles. The molecule has 0 spiro atoms. The molecule has 4 aliphatic rings. The molecule has 7 rings (SSSR count). The fourth-order valence-corrected chi connectivity index (χ4v) is 9.83. The first-order valence-corrected chi connectivity index (χ1v) is 21.7. The summed E-state index contributed by atoms with van der Waals surface area (Å²) in [4.78, 5) is 66.5. The van der Waals surface area contributed by atoms with E-state index in [1.165, 1.54) is 24.2 Å². The van der Waals surface area contributed by atoms with Crippen LogP contribution in [0.4, 0.5) is 4.79 Å². The molecule has 2 aliphatic heterocycles. The summed E-state index contributed by atoms with van der Waals surface area (Å²) in [5, 5.41) is 19.1. The lowest BCUT2D eigenvalue weighted by Gasteiger charge is -2.31. The van der Waals surface area contributed by atoms with E-state index in [1.54, 1.807) is 32.1 Å². The van der Waals surface area contributed by atoms with Crippen LogP contribution in [0.3, 0.4) is 0 Å². The molecule has 13 nitrogen and oxygen atoms in total. The summed E-state index contributed by atoms with van der Waals surface area (Å²) in [6, 6.07) is 4.36. The minimum atomic E-state index is -1.45. The van der Waals surface area contributed by atoms with Crippen molar-refractivity contribution in [3.63, 3.8) is 0 Å². The number of aliphatic carboxylic acids is 1. The molecular formula is C43H58N6O7S. The summed E-state index contributed by atoms with van der Waals surface area (Å²) in [5.74, 6) is -2.55. The molecule has 2 saturated carbocycles. The number of amides is 3.